The van der Waals surface area contributed by atoms with Gasteiger partial charge in [0.15, 0.2) is 5.78 Å². The molecule has 0 radical (unpaired) electrons. The molecule has 22 heavy (non-hydrogen) atoms. The van der Waals surface area contributed by atoms with Crippen molar-refractivity contribution in [1.29, 1.82) is 0 Å². The summed E-state index contributed by atoms with van der Waals surface area (Å²) >= 11 is 0. The van der Waals surface area contributed by atoms with Gasteiger partial charge in [0.2, 0.25) is 0 Å². The first-order chi connectivity index (χ1) is 10.7. The van der Waals surface area contributed by atoms with Crippen LogP contribution in [0.1, 0.15) is 47.4 Å². The molecule has 4 heteroatoms. The topological polar surface area (TPSA) is 68.9 Å². The molecule has 4 nitrogen and oxygen atoms in total. The lowest BCUT2D eigenvalue weighted by atomic mass is 9.76. The molecule has 1 fully saturated rings. The first-order valence-corrected chi connectivity index (χ1v) is 7.83. The minimum atomic E-state index is -0.120. The summed E-state index contributed by atoms with van der Waals surface area (Å²) in [6, 6.07) is 10.7. The summed E-state index contributed by atoms with van der Waals surface area (Å²) in [6.45, 7) is -0.00331. The molecular formula is C18H21N3O. The average Bonchev–Trinajstić information content (AvgIpc) is 3.05. The number of rotatable bonds is 5. The number of benzene rings is 1. The zero-order valence-electron chi connectivity index (χ0n) is 12.7. The summed E-state index contributed by atoms with van der Waals surface area (Å²) in [5.74, 6) is 0.685. The second-order valence-corrected chi connectivity index (χ2v) is 6.05. The van der Waals surface area contributed by atoms with Gasteiger partial charge in [0.1, 0.15) is 5.82 Å². The van der Waals surface area contributed by atoms with E-state index < -0.39 is 0 Å². The quantitative estimate of drug-likeness (QED) is 0.861. The summed E-state index contributed by atoms with van der Waals surface area (Å²) in [5.41, 5.74) is 7.37. The molecule has 0 bridgehead atoms. The predicted molar refractivity (Wildman–Crippen MR) is 85.7 cm³/mol. The molecule has 1 heterocycles. The van der Waals surface area contributed by atoms with E-state index in [1.165, 1.54) is 31.2 Å². The lowest BCUT2D eigenvalue weighted by molar-refractivity contribution is 0.100. The summed E-state index contributed by atoms with van der Waals surface area (Å²) < 4.78 is 0. The zero-order valence-corrected chi connectivity index (χ0v) is 12.7. The van der Waals surface area contributed by atoms with Crippen LogP contribution in [-0.4, -0.2) is 22.3 Å². The first-order valence-electron chi connectivity index (χ1n) is 7.83. The second kappa shape index (κ2) is 6.36. The number of ketones is 1. The van der Waals surface area contributed by atoms with Gasteiger partial charge in [0.05, 0.1) is 12.1 Å². The number of Topliss-reactive ketones (excluding diaryl/α,β-unsaturated/α-hetero) is 1. The van der Waals surface area contributed by atoms with Crippen LogP contribution in [0.15, 0.2) is 42.7 Å². The number of carbonyl (C=O) groups is 1. The van der Waals surface area contributed by atoms with E-state index in [4.69, 9.17) is 5.73 Å². The van der Waals surface area contributed by atoms with Crippen LogP contribution in [-0.2, 0) is 11.8 Å². The third kappa shape index (κ3) is 2.92. The molecule has 0 unspecified atom stereocenters. The van der Waals surface area contributed by atoms with Crippen molar-refractivity contribution < 1.29 is 4.79 Å². The van der Waals surface area contributed by atoms with Gasteiger partial charge in [-0.05, 0) is 18.4 Å². The molecule has 0 amide bonds. The Kier molecular flexibility index (Phi) is 4.29. The molecule has 1 aromatic carbocycles. The van der Waals surface area contributed by atoms with Crippen molar-refractivity contribution in [3.63, 3.8) is 0 Å². The van der Waals surface area contributed by atoms with Gasteiger partial charge in [0.25, 0.3) is 0 Å². The molecule has 0 saturated heterocycles. The minimum absolute atomic E-state index is 0.00331. The van der Waals surface area contributed by atoms with Crippen molar-refractivity contribution in [1.82, 2.24) is 9.97 Å². The molecule has 0 spiro atoms. The van der Waals surface area contributed by atoms with Crippen molar-refractivity contribution in [3.05, 3.63) is 59.7 Å². The van der Waals surface area contributed by atoms with Crippen LogP contribution in [0.25, 0.3) is 0 Å². The number of nitrogens with two attached hydrogens (primary N) is 1. The van der Waals surface area contributed by atoms with Crippen LogP contribution < -0.4 is 5.73 Å². The maximum absolute atomic E-state index is 11.5. The van der Waals surface area contributed by atoms with Crippen molar-refractivity contribution in [2.45, 2.75) is 37.5 Å². The van der Waals surface area contributed by atoms with Crippen LogP contribution in [0.5, 0.6) is 0 Å². The van der Waals surface area contributed by atoms with Gasteiger partial charge < -0.3 is 5.73 Å². The Morgan fingerprint density at radius 3 is 2.32 bits per heavy atom. The van der Waals surface area contributed by atoms with E-state index in [1.807, 2.05) is 0 Å². The van der Waals surface area contributed by atoms with E-state index in [9.17, 15) is 4.79 Å². The Hall–Kier alpha value is -2.07. The molecule has 0 aliphatic heterocycles. The van der Waals surface area contributed by atoms with E-state index in [-0.39, 0.29) is 17.7 Å². The monoisotopic (exact) mass is 295 g/mol. The number of aromatic nitrogens is 2. The molecule has 1 aliphatic rings. The van der Waals surface area contributed by atoms with Crippen LogP contribution >= 0.6 is 0 Å². The number of carbonyl (C=O) groups excluding carboxylic acids is 1. The van der Waals surface area contributed by atoms with Gasteiger partial charge in [-0.3, -0.25) is 4.79 Å². The van der Waals surface area contributed by atoms with Crippen LogP contribution in [0.4, 0.5) is 0 Å². The van der Waals surface area contributed by atoms with Crippen molar-refractivity contribution in [2.75, 3.05) is 6.54 Å². The van der Waals surface area contributed by atoms with Crippen molar-refractivity contribution in [2.24, 2.45) is 5.73 Å². The van der Waals surface area contributed by atoms with Crippen LogP contribution in [0.3, 0.4) is 0 Å². The van der Waals surface area contributed by atoms with E-state index in [0.29, 0.717) is 5.56 Å². The Bertz CT molecular complexity index is 631. The van der Waals surface area contributed by atoms with Gasteiger partial charge in [-0.1, -0.05) is 43.2 Å². The molecule has 3 rings (SSSR count). The van der Waals surface area contributed by atoms with Gasteiger partial charge >= 0.3 is 0 Å². The Morgan fingerprint density at radius 2 is 1.73 bits per heavy atom. The highest BCUT2D eigenvalue weighted by Crippen LogP contribution is 2.43. The fourth-order valence-corrected chi connectivity index (χ4v) is 3.42. The molecule has 2 N–H and O–H groups in total. The highest BCUT2D eigenvalue weighted by molar-refractivity contribution is 5.96. The highest BCUT2D eigenvalue weighted by atomic mass is 16.1. The predicted octanol–water partition coefficient (Wildman–Crippen LogP) is 2.67. The maximum Gasteiger partial charge on any atom is 0.179 e. The van der Waals surface area contributed by atoms with Gasteiger partial charge in [-0.25, -0.2) is 9.97 Å². The number of hydrogen-bond acceptors (Lipinski definition) is 4. The molecule has 2 aromatic rings. The fourth-order valence-electron chi connectivity index (χ4n) is 3.42. The van der Waals surface area contributed by atoms with Crippen LogP contribution in [0, 0.1) is 0 Å². The molecule has 1 aromatic heterocycles. The molecule has 0 atom stereocenters. The van der Waals surface area contributed by atoms with Gasteiger partial charge in [0, 0.05) is 24.2 Å². The average molecular weight is 295 g/mol. The van der Waals surface area contributed by atoms with E-state index in [0.717, 1.165) is 12.2 Å². The van der Waals surface area contributed by atoms with Crippen molar-refractivity contribution in [3.8, 4) is 0 Å². The van der Waals surface area contributed by atoms with E-state index in [2.05, 4.69) is 40.3 Å². The minimum Gasteiger partial charge on any atom is -0.324 e. The molecule has 1 saturated carbocycles. The summed E-state index contributed by atoms with van der Waals surface area (Å²) in [5, 5.41) is 0. The standard InChI is InChI=1S/C18H21N3O/c19-11-16(22)14-12-20-17(21-13-14)10-18(8-4-5-9-18)15-6-2-1-3-7-15/h1-3,6-7,12-13H,4-5,8-11,19H2. The van der Waals surface area contributed by atoms with Crippen LogP contribution in [0.2, 0.25) is 0 Å². The second-order valence-electron chi connectivity index (χ2n) is 6.05. The summed E-state index contributed by atoms with van der Waals surface area (Å²) in [4.78, 5) is 20.3. The largest absolute Gasteiger partial charge is 0.324 e. The Morgan fingerprint density at radius 1 is 1.09 bits per heavy atom. The normalized spacial score (nSPS) is 16.6. The Labute approximate surface area is 130 Å². The SMILES string of the molecule is NCC(=O)c1cnc(CC2(c3ccccc3)CCCC2)nc1. The maximum atomic E-state index is 11.5. The molecule has 114 valence electrons. The van der Waals surface area contributed by atoms with Gasteiger partial charge in [-0.15, -0.1) is 0 Å². The third-order valence-corrected chi connectivity index (χ3v) is 4.66. The summed E-state index contributed by atoms with van der Waals surface area (Å²) in [6.07, 6.45) is 8.87. The zero-order chi connectivity index (χ0) is 15.4. The number of nitrogens with zero attached hydrogens (tertiary/aromatic N) is 2. The van der Waals surface area contributed by atoms with E-state index >= 15 is 0 Å². The van der Waals surface area contributed by atoms with Crippen molar-refractivity contribution >= 4 is 5.78 Å². The number of hydrogen-bond donors (Lipinski definition) is 1. The summed E-state index contributed by atoms with van der Waals surface area (Å²) in [7, 11) is 0. The van der Waals surface area contributed by atoms with Gasteiger partial charge in [-0.2, -0.15) is 0 Å². The molecule has 1 aliphatic carbocycles. The van der Waals surface area contributed by atoms with E-state index in [1.54, 1.807) is 12.4 Å². The lowest BCUT2D eigenvalue weighted by Gasteiger charge is -2.29. The fraction of sp³-hybridized carbons (Fsp3) is 0.389. The Balaban J connectivity index is 1.84. The smallest absolute Gasteiger partial charge is 0.179 e. The third-order valence-electron chi connectivity index (χ3n) is 4.66. The first kappa shape index (κ1) is 14.9. The molecular weight excluding hydrogens is 274 g/mol. The highest BCUT2D eigenvalue weighted by Gasteiger charge is 2.36. The lowest BCUT2D eigenvalue weighted by Crippen LogP contribution is -2.26.